The molecule has 0 radical (unpaired) electrons. The molecule has 0 spiro atoms. The van der Waals surface area contributed by atoms with Crippen molar-refractivity contribution in [3.05, 3.63) is 16.0 Å². The molecule has 2 heterocycles. The van der Waals surface area contributed by atoms with Gasteiger partial charge in [0.2, 0.25) is 5.91 Å². The van der Waals surface area contributed by atoms with Crippen LogP contribution in [-0.2, 0) is 22.5 Å². The summed E-state index contributed by atoms with van der Waals surface area (Å²) in [5.74, 6) is -0.170. The van der Waals surface area contributed by atoms with Crippen molar-refractivity contribution in [2.24, 2.45) is 5.92 Å². The van der Waals surface area contributed by atoms with E-state index >= 15 is 0 Å². The molecule has 8 heteroatoms. The van der Waals surface area contributed by atoms with Crippen molar-refractivity contribution in [1.82, 2.24) is 10.2 Å². The number of fused-ring (bicyclic) bond motifs is 1. The van der Waals surface area contributed by atoms with Gasteiger partial charge in [0, 0.05) is 24.4 Å². The highest BCUT2D eigenvalue weighted by Crippen LogP contribution is 2.39. The van der Waals surface area contributed by atoms with Crippen LogP contribution in [0.3, 0.4) is 0 Å². The predicted molar refractivity (Wildman–Crippen MR) is 85.6 cm³/mol. The number of rotatable bonds is 3. The second-order valence-corrected chi connectivity index (χ2v) is 6.80. The number of nitrogens with one attached hydrogen (secondary N) is 2. The molecule has 0 aromatic carbocycles. The lowest BCUT2D eigenvalue weighted by molar-refractivity contribution is -0.117. The van der Waals surface area contributed by atoms with Crippen molar-refractivity contribution in [2.75, 3.05) is 26.0 Å². The van der Waals surface area contributed by atoms with Gasteiger partial charge in [0.25, 0.3) is 5.91 Å². The number of anilines is 1. The first-order valence-electron chi connectivity index (χ1n) is 7.55. The summed E-state index contributed by atoms with van der Waals surface area (Å²) in [6.45, 7) is 0.895. The molecule has 2 aliphatic rings. The second kappa shape index (κ2) is 6.19. The smallest absolute Gasteiger partial charge is 0.409 e. The predicted octanol–water partition coefficient (Wildman–Crippen LogP) is 1.58. The number of hydrogen-bond donors (Lipinski definition) is 2. The van der Waals surface area contributed by atoms with Gasteiger partial charge in [-0.1, -0.05) is 0 Å². The fraction of sp³-hybridized carbons (Fsp3) is 0.533. The third-order valence-corrected chi connectivity index (χ3v) is 5.26. The Kier molecular flexibility index (Phi) is 4.25. The lowest BCUT2D eigenvalue weighted by Crippen LogP contribution is -2.35. The number of methoxy groups -OCH3 is 1. The third kappa shape index (κ3) is 3.03. The topological polar surface area (TPSA) is 87.7 Å². The molecule has 1 aliphatic heterocycles. The Hall–Kier alpha value is -2.09. The summed E-state index contributed by atoms with van der Waals surface area (Å²) in [7, 11) is 2.92. The fourth-order valence-corrected chi connectivity index (χ4v) is 3.96. The van der Waals surface area contributed by atoms with Gasteiger partial charge in [0.15, 0.2) is 0 Å². The van der Waals surface area contributed by atoms with Gasteiger partial charge in [-0.3, -0.25) is 9.59 Å². The van der Waals surface area contributed by atoms with Crippen LogP contribution in [0.2, 0.25) is 0 Å². The Morgan fingerprint density at radius 2 is 2.04 bits per heavy atom. The lowest BCUT2D eigenvalue weighted by Gasteiger charge is -2.25. The van der Waals surface area contributed by atoms with Crippen molar-refractivity contribution < 1.29 is 19.1 Å². The maximum atomic E-state index is 12.2. The minimum absolute atomic E-state index is 0.0291. The lowest BCUT2D eigenvalue weighted by atomic mass is 10.0. The summed E-state index contributed by atoms with van der Waals surface area (Å²) in [5.41, 5.74) is 1.45. The number of thiophene rings is 1. The van der Waals surface area contributed by atoms with E-state index < -0.39 is 0 Å². The molecular weight excluding hydrogens is 318 g/mol. The molecule has 1 aromatic heterocycles. The molecule has 3 rings (SSSR count). The van der Waals surface area contributed by atoms with Crippen molar-refractivity contribution in [1.29, 1.82) is 0 Å². The first-order valence-corrected chi connectivity index (χ1v) is 8.37. The van der Waals surface area contributed by atoms with Crippen molar-refractivity contribution in [3.8, 4) is 0 Å². The molecule has 0 atom stereocenters. The van der Waals surface area contributed by atoms with Gasteiger partial charge in [-0.25, -0.2) is 4.79 Å². The SMILES string of the molecule is CNC(=O)c1c(NC(=O)C2CC2)sc2c1CCN(C(=O)OC)C2. The number of carbonyl (C=O) groups excluding carboxylic acids is 3. The largest absolute Gasteiger partial charge is 0.453 e. The zero-order chi connectivity index (χ0) is 16.6. The van der Waals surface area contributed by atoms with E-state index in [1.807, 2.05) is 0 Å². The highest BCUT2D eigenvalue weighted by Gasteiger charge is 2.33. The summed E-state index contributed by atoms with van der Waals surface area (Å²) >= 11 is 1.37. The molecule has 1 fully saturated rings. The molecule has 1 saturated carbocycles. The first-order chi connectivity index (χ1) is 11.0. The Balaban J connectivity index is 1.90. The van der Waals surface area contributed by atoms with Gasteiger partial charge in [-0.15, -0.1) is 11.3 Å². The minimum Gasteiger partial charge on any atom is -0.453 e. The van der Waals surface area contributed by atoms with E-state index in [2.05, 4.69) is 10.6 Å². The Morgan fingerprint density at radius 3 is 2.65 bits per heavy atom. The Labute approximate surface area is 138 Å². The molecule has 0 unspecified atom stereocenters. The summed E-state index contributed by atoms with van der Waals surface area (Å²) in [4.78, 5) is 38.5. The van der Waals surface area contributed by atoms with Crippen LogP contribution < -0.4 is 10.6 Å². The zero-order valence-electron chi connectivity index (χ0n) is 13.1. The van der Waals surface area contributed by atoms with Crippen molar-refractivity contribution in [3.63, 3.8) is 0 Å². The summed E-state index contributed by atoms with van der Waals surface area (Å²) in [6.07, 6.45) is 2.00. The highest BCUT2D eigenvalue weighted by atomic mass is 32.1. The molecule has 0 bridgehead atoms. The number of nitrogens with zero attached hydrogens (tertiary/aromatic N) is 1. The Bertz CT molecular complexity index is 666. The van der Waals surface area contributed by atoms with Crippen LogP contribution in [0.5, 0.6) is 0 Å². The third-order valence-electron chi connectivity index (χ3n) is 4.13. The van der Waals surface area contributed by atoms with E-state index in [0.29, 0.717) is 30.1 Å². The molecule has 3 amide bonds. The molecule has 7 nitrogen and oxygen atoms in total. The Morgan fingerprint density at radius 1 is 1.30 bits per heavy atom. The van der Waals surface area contributed by atoms with E-state index in [1.54, 1.807) is 11.9 Å². The normalized spacial score (nSPS) is 16.5. The van der Waals surface area contributed by atoms with Crippen LogP contribution in [-0.4, -0.2) is 43.5 Å². The van der Waals surface area contributed by atoms with Gasteiger partial charge in [0.1, 0.15) is 5.00 Å². The van der Waals surface area contributed by atoms with Crippen LogP contribution in [0.4, 0.5) is 9.80 Å². The van der Waals surface area contributed by atoms with Gasteiger partial charge in [0.05, 0.1) is 19.2 Å². The standard InChI is InChI=1S/C15H19N3O4S/c1-16-13(20)11-9-5-6-18(15(21)22-2)7-10(9)23-14(11)17-12(19)8-3-4-8/h8H,3-7H2,1-2H3,(H,16,20)(H,17,19). The van der Waals surface area contributed by atoms with Gasteiger partial charge in [-0.2, -0.15) is 0 Å². The highest BCUT2D eigenvalue weighted by molar-refractivity contribution is 7.17. The fourth-order valence-electron chi connectivity index (χ4n) is 2.70. The quantitative estimate of drug-likeness (QED) is 0.876. The number of amides is 3. The van der Waals surface area contributed by atoms with Gasteiger partial charge < -0.3 is 20.3 Å². The molecule has 1 aromatic rings. The van der Waals surface area contributed by atoms with E-state index in [-0.39, 0.29) is 23.8 Å². The van der Waals surface area contributed by atoms with E-state index in [4.69, 9.17) is 4.74 Å². The minimum atomic E-state index is -0.380. The molecule has 124 valence electrons. The molecule has 23 heavy (non-hydrogen) atoms. The van der Waals surface area contributed by atoms with Crippen LogP contribution in [0.25, 0.3) is 0 Å². The summed E-state index contributed by atoms with van der Waals surface area (Å²) in [5, 5.41) is 6.10. The van der Waals surface area contributed by atoms with Crippen LogP contribution in [0.1, 0.15) is 33.6 Å². The maximum absolute atomic E-state index is 12.2. The first kappa shape index (κ1) is 15.8. The van der Waals surface area contributed by atoms with E-state index in [0.717, 1.165) is 23.3 Å². The van der Waals surface area contributed by atoms with Crippen LogP contribution in [0.15, 0.2) is 0 Å². The van der Waals surface area contributed by atoms with Crippen LogP contribution >= 0.6 is 11.3 Å². The van der Waals surface area contributed by atoms with Crippen molar-refractivity contribution >= 4 is 34.2 Å². The molecular formula is C15H19N3O4S. The molecule has 1 aliphatic carbocycles. The number of ether oxygens (including phenoxy) is 1. The summed E-state index contributed by atoms with van der Waals surface area (Å²) in [6, 6.07) is 0. The van der Waals surface area contributed by atoms with Gasteiger partial charge >= 0.3 is 6.09 Å². The number of carbonyl (C=O) groups is 3. The van der Waals surface area contributed by atoms with Crippen LogP contribution in [0, 0.1) is 5.92 Å². The zero-order valence-corrected chi connectivity index (χ0v) is 13.9. The van der Waals surface area contributed by atoms with Gasteiger partial charge in [-0.05, 0) is 24.8 Å². The van der Waals surface area contributed by atoms with E-state index in [9.17, 15) is 14.4 Å². The monoisotopic (exact) mass is 337 g/mol. The average Bonchev–Trinajstić information content (AvgIpc) is 3.35. The average molecular weight is 337 g/mol. The second-order valence-electron chi connectivity index (χ2n) is 5.69. The van der Waals surface area contributed by atoms with Crippen molar-refractivity contribution in [2.45, 2.75) is 25.8 Å². The van der Waals surface area contributed by atoms with E-state index in [1.165, 1.54) is 18.4 Å². The molecule has 2 N–H and O–H groups in total. The maximum Gasteiger partial charge on any atom is 0.409 e. The summed E-state index contributed by atoms with van der Waals surface area (Å²) < 4.78 is 4.76. The number of hydrogen-bond acceptors (Lipinski definition) is 5. The molecule has 0 saturated heterocycles.